The third kappa shape index (κ3) is 1.63. The van der Waals surface area contributed by atoms with Crippen LogP contribution in [-0.2, 0) is 0 Å². The molecule has 0 fully saturated rings. The molecule has 0 unspecified atom stereocenters. The molecule has 1 aliphatic heterocycles. The summed E-state index contributed by atoms with van der Waals surface area (Å²) in [5, 5.41) is 0. The first-order valence-electron chi connectivity index (χ1n) is 4.68. The highest BCUT2D eigenvalue weighted by Crippen LogP contribution is 2.36. The number of carbonyl (C=O) groups excluding carboxylic acids is 1. The van der Waals surface area contributed by atoms with E-state index < -0.39 is 0 Å². The van der Waals surface area contributed by atoms with Gasteiger partial charge in [-0.25, -0.2) is 0 Å². The minimum atomic E-state index is 0.0516. The maximum Gasteiger partial charge on any atom is 0.173 e. The van der Waals surface area contributed by atoms with Crippen LogP contribution in [0.4, 0.5) is 0 Å². The fourth-order valence-corrected chi connectivity index (χ4v) is 1.61. The fraction of sp³-hybridized carbons (Fsp3) is 0.364. The second kappa shape index (κ2) is 3.81. The zero-order chi connectivity index (χ0) is 10.8. The zero-order valence-corrected chi connectivity index (χ0v) is 8.70. The summed E-state index contributed by atoms with van der Waals surface area (Å²) in [6.45, 7) is 0.419. The molecule has 0 aromatic heterocycles. The summed E-state index contributed by atoms with van der Waals surface area (Å²) in [6.07, 6.45) is 0.399. The molecule has 0 aliphatic carbocycles. The molecule has 0 spiro atoms. The number of fused-ring (bicyclic) bond motifs is 1. The number of hydrogen-bond acceptors (Lipinski definition) is 4. The van der Waals surface area contributed by atoms with Crippen LogP contribution < -0.4 is 14.2 Å². The van der Waals surface area contributed by atoms with E-state index in [1.54, 1.807) is 19.2 Å². The molecular weight excluding hydrogens is 196 g/mol. The van der Waals surface area contributed by atoms with Gasteiger partial charge < -0.3 is 14.2 Å². The molecule has 2 rings (SSSR count). The average Bonchev–Trinajstić information content (AvgIpc) is 2.27. The van der Waals surface area contributed by atoms with Gasteiger partial charge in [-0.15, -0.1) is 0 Å². The van der Waals surface area contributed by atoms with E-state index in [0.29, 0.717) is 35.8 Å². The van der Waals surface area contributed by atoms with E-state index in [-0.39, 0.29) is 5.78 Å². The molecule has 1 aliphatic rings. The van der Waals surface area contributed by atoms with Crippen LogP contribution in [-0.4, -0.2) is 26.6 Å². The first-order valence-corrected chi connectivity index (χ1v) is 4.68. The Morgan fingerprint density at radius 1 is 1.27 bits per heavy atom. The van der Waals surface area contributed by atoms with Crippen LogP contribution in [0.2, 0.25) is 0 Å². The van der Waals surface area contributed by atoms with Crippen LogP contribution in [0.1, 0.15) is 16.8 Å². The zero-order valence-electron chi connectivity index (χ0n) is 8.70. The predicted molar refractivity (Wildman–Crippen MR) is 54.0 cm³/mol. The molecule has 0 saturated carbocycles. The van der Waals surface area contributed by atoms with Crippen molar-refractivity contribution < 1.29 is 19.0 Å². The Kier molecular flexibility index (Phi) is 2.49. The highest BCUT2D eigenvalue weighted by atomic mass is 16.5. The summed E-state index contributed by atoms with van der Waals surface area (Å²) in [7, 11) is 3.09. The van der Waals surface area contributed by atoms with E-state index in [1.807, 2.05) is 0 Å². The van der Waals surface area contributed by atoms with Crippen LogP contribution in [0.15, 0.2) is 12.1 Å². The summed E-state index contributed by atoms with van der Waals surface area (Å²) in [5.74, 6) is 1.73. The number of hydrogen-bond donors (Lipinski definition) is 0. The topological polar surface area (TPSA) is 44.8 Å². The van der Waals surface area contributed by atoms with Gasteiger partial charge in [-0.3, -0.25) is 4.79 Å². The van der Waals surface area contributed by atoms with Crippen molar-refractivity contribution >= 4 is 5.78 Å². The third-order valence-corrected chi connectivity index (χ3v) is 2.36. The van der Waals surface area contributed by atoms with Crippen molar-refractivity contribution in [2.75, 3.05) is 20.8 Å². The smallest absolute Gasteiger partial charge is 0.173 e. The molecule has 0 atom stereocenters. The molecule has 0 N–H and O–H groups in total. The molecule has 0 saturated heterocycles. The number of benzene rings is 1. The molecule has 1 aromatic rings. The third-order valence-electron chi connectivity index (χ3n) is 2.36. The quantitative estimate of drug-likeness (QED) is 0.741. The summed E-state index contributed by atoms with van der Waals surface area (Å²) in [5.41, 5.74) is 0.518. The van der Waals surface area contributed by atoms with Crippen LogP contribution >= 0.6 is 0 Å². The second-order valence-corrected chi connectivity index (χ2v) is 3.22. The van der Waals surface area contributed by atoms with Gasteiger partial charge in [-0.2, -0.15) is 0 Å². The summed E-state index contributed by atoms with van der Waals surface area (Å²) in [4.78, 5) is 11.7. The van der Waals surface area contributed by atoms with Gasteiger partial charge in [0.1, 0.15) is 22.8 Å². The molecule has 1 aromatic carbocycles. The lowest BCUT2D eigenvalue weighted by atomic mass is 10.0. The lowest BCUT2D eigenvalue weighted by Crippen LogP contribution is -2.16. The SMILES string of the molecule is COc1cc(OC)c2c(c1)OCCC2=O. The van der Waals surface area contributed by atoms with Gasteiger partial charge in [0.2, 0.25) is 0 Å². The van der Waals surface area contributed by atoms with Crippen LogP contribution in [0, 0.1) is 0 Å². The van der Waals surface area contributed by atoms with Gasteiger partial charge in [-0.05, 0) is 0 Å². The Hall–Kier alpha value is -1.71. The molecule has 0 radical (unpaired) electrons. The van der Waals surface area contributed by atoms with E-state index in [4.69, 9.17) is 14.2 Å². The van der Waals surface area contributed by atoms with Crippen LogP contribution in [0.5, 0.6) is 17.2 Å². The predicted octanol–water partition coefficient (Wildman–Crippen LogP) is 1.67. The van der Waals surface area contributed by atoms with Gasteiger partial charge in [-0.1, -0.05) is 0 Å². The number of rotatable bonds is 2. The van der Waals surface area contributed by atoms with E-state index in [2.05, 4.69) is 0 Å². The van der Waals surface area contributed by atoms with E-state index in [0.717, 1.165) is 0 Å². The van der Waals surface area contributed by atoms with Crippen molar-refractivity contribution in [3.05, 3.63) is 17.7 Å². The molecule has 80 valence electrons. The summed E-state index contributed by atoms with van der Waals surface area (Å²) in [6, 6.07) is 3.39. The number of carbonyl (C=O) groups is 1. The Morgan fingerprint density at radius 2 is 2.07 bits per heavy atom. The minimum Gasteiger partial charge on any atom is -0.496 e. The van der Waals surface area contributed by atoms with Crippen LogP contribution in [0.25, 0.3) is 0 Å². The van der Waals surface area contributed by atoms with Crippen molar-refractivity contribution in [2.45, 2.75) is 6.42 Å². The van der Waals surface area contributed by atoms with Crippen LogP contribution in [0.3, 0.4) is 0 Å². The molecular formula is C11H12O4. The monoisotopic (exact) mass is 208 g/mol. The van der Waals surface area contributed by atoms with Gasteiger partial charge in [0.05, 0.1) is 20.8 Å². The molecule has 0 amide bonds. The first-order chi connectivity index (χ1) is 7.26. The van der Waals surface area contributed by atoms with Crippen molar-refractivity contribution in [3.63, 3.8) is 0 Å². The Bertz CT molecular complexity index is 381. The summed E-state index contributed by atoms with van der Waals surface area (Å²) >= 11 is 0. The number of ether oxygens (including phenoxy) is 3. The van der Waals surface area contributed by atoms with Crippen molar-refractivity contribution in [1.82, 2.24) is 0 Å². The van der Waals surface area contributed by atoms with E-state index in [9.17, 15) is 4.79 Å². The fourth-order valence-electron chi connectivity index (χ4n) is 1.61. The van der Waals surface area contributed by atoms with E-state index >= 15 is 0 Å². The Morgan fingerprint density at radius 3 is 2.73 bits per heavy atom. The minimum absolute atomic E-state index is 0.0516. The maximum absolute atomic E-state index is 11.7. The highest BCUT2D eigenvalue weighted by molar-refractivity contribution is 6.02. The molecule has 4 heteroatoms. The highest BCUT2D eigenvalue weighted by Gasteiger charge is 2.24. The number of Topliss-reactive ketones (excluding diaryl/α,β-unsaturated/α-hetero) is 1. The lowest BCUT2D eigenvalue weighted by Gasteiger charge is -2.19. The molecule has 0 bridgehead atoms. The molecule has 4 nitrogen and oxygen atoms in total. The molecule has 1 heterocycles. The number of methoxy groups -OCH3 is 2. The van der Waals surface area contributed by atoms with Gasteiger partial charge in [0.25, 0.3) is 0 Å². The lowest BCUT2D eigenvalue weighted by molar-refractivity contribution is 0.0929. The van der Waals surface area contributed by atoms with Gasteiger partial charge >= 0.3 is 0 Å². The maximum atomic E-state index is 11.7. The Labute approximate surface area is 87.8 Å². The largest absolute Gasteiger partial charge is 0.496 e. The Balaban J connectivity index is 2.57. The van der Waals surface area contributed by atoms with Crippen molar-refractivity contribution in [1.29, 1.82) is 0 Å². The standard InChI is InChI=1S/C11H12O4/c1-13-7-5-9(14-2)11-8(12)3-4-15-10(11)6-7/h5-6H,3-4H2,1-2H3. The normalized spacial score (nSPS) is 14.1. The first kappa shape index (κ1) is 9.83. The second-order valence-electron chi connectivity index (χ2n) is 3.22. The van der Waals surface area contributed by atoms with Crippen molar-refractivity contribution in [2.24, 2.45) is 0 Å². The van der Waals surface area contributed by atoms with Gasteiger partial charge in [0.15, 0.2) is 5.78 Å². The molecule has 15 heavy (non-hydrogen) atoms. The van der Waals surface area contributed by atoms with E-state index in [1.165, 1.54) is 7.11 Å². The number of ketones is 1. The average molecular weight is 208 g/mol. The summed E-state index contributed by atoms with van der Waals surface area (Å²) < 4.78 is 15.6. The van der Waals surface area contributed by atoms with Crippen molar-refractivity contribution in [3.8, 4) is 17.2 Å². The van der Waals surface area contributed by atoms with Gasteiger partial charge in [0, 0.05) is 18.6 Å².